The minimum Gasteiger partial charge on any atom is -0.369 e. The van der Waals surface area contributed by atoms with E-state index < -0.39 is 0 Å². The van der Waals surface area contributed by atoms with E-state index in [0.717, 1.165) is 13.1 Å². The molecule has 0 bridgehead atoms. The van der Waals surface area contributed by atoms with Crippen molar-refractivity contribution in [1.82, 2.24) is 5.32 Å². The smallest absolute Gasteiger partial charge is 0.0977 e. The molecule has 2 aromatic carbocycles. The summed E-state index contributed by atoms with van der Waals surface area (Å²) in [6.07, 6.45) is 0.239. The van der Waals surface area contributed by atoms with Gasteiger partial charge in [0.05, 0.1) is 25.4 Å². The van der Waals surface area contributed by atoms with Crippen LogP contribution in [0.4, 0.5) is 0 Å². The van der Waals surface area contributed by atoms with Gasteiger partial charge in [-0.15, -0.1) is 0 Å². The molecule has 0 unspecified atom stereocenters. The average molecular weight is 283 g/mol. The molecule has 2 aromatic rings. The van der Waals surface area contributed by atoms with Gasteiger partial charge in [-0.3, -0.25) is 0 Å². The molecule has 0 spiro atoms. The van der Waals surface area contributed by atoms with Crippen LogP contribution in [-0.4, -0.2) is 25.3 Å². The Morgan fingerprint density at radius 3 is 1.57 bits per heavy atom. The van der Waals surface area contributed by atoms with E-state index in [1.54, 1.807) is 0 Å². The lowest BCUT2D eigenvalue weighted by Crippen LogP contribution is -2.29. The number of hydrogen-bond donors (Lipinski definition) is 1. The van der Waals surface area contributed by atoms with Crippen molar-refractivity contribution in [3.63, 3.8) is 0 Å². The van der Waals surface area contributed by atoms with Gasteiger partial charge >= 0.3 is 0 Å². The summed E-state index contributed by atoms with van der Waals surface area (Å²) in [5, 5.41) is 3.34. The van der Waals surface area contributed by atoms with Gasteiger partial charge in [0.2, 0.25) is 0 Å². The molecule has 2 atom stereocenters. The second-order valence-corrected chi connectivity index (χ2v) is 5.33. The highest BCUT2D eigenvalue weighted by Gasteiger charge is 2.28. The number of benzene rings is 2. The lowest BCUT2D eigenvalue weighted by atomic mass is 10.2. The summed E-state index contributed by atoms with van der Waals surface area (Å²) in [6, 6.07) is 20.5. The second-order valence-electron chi connectivity index (χ2n) is 5.33. The predicted octanol–water partition coefficient (Wildman–Crippen LogP) is 2.76. The summed E-state index contributed by atoms with van der Waals surface area (Å²) in [5.74, 6) is 0. The number of hydrogen-bond acceptors (Lipinski definition) is 3. The van der Waals surface area contributed by atoms with Crippen LogP contribution in [0.2, 0.25) is 0 Å². The first-order chi connectivity index (χ1) is 10.4. The zero-order valence-electron chi connectivity index (χ0n) is 12.1. The van der Waals surface area contributed by atoms with Crippen molar-refractivity contribution in [3.8, 4) is 0 Å². The van der Waals surface area contributed by atoms with Gasteiger partial charge in [0, 0.05) is 13.1 Å². The number of ether oxygens (including phenoxy) is 2. The summed E-state index contributed by atoms with van der Waals surface area (Å²) in [4.78, 5) is 0. The van der Waals surface area contributed by atoms with Gasteiger partial charge < -0.3 is 14.8 Å². The van der Waals surface area contributed by atoms with Gasteiger partial charge in [0.15, 0.2) is 0 Å². The largest absolute Gasteiger partial charge is 0.369 e. The van der Waals surface area contributed by atoms with Gasteiger partial charge in [-0.05, 0) is 11.1 Å². The molecule has 110 valence electrons. The van der Waals surface area contributed by atoms with Crippen molar-refractivity contribution < 1.29 is 9.47 Å². The quantitative estimate of drug-likeness (QED) is 0.884. The molecule has 1 aliphatic rings. The van der Waals surface area contributed by atoms with Gasteiger partial charge in [0.25, 0.3) is 0 Å². The molecule has 21 heavy (non-hydrogen) atoms. The van der Waals surface area contributed by atoms with Crippen molar-refractivity contribution in [2.24, 2.45) is 0 Å². The standard InChI is InChI=1S/C18H21NO2/c1-3-7-15(8-4-1)13-20-17-11-19-12-18(17)21-14-16-9-5-2-6-10-16/h1-10,17-19H,11-14H2/t17-,18+. The first kappa shape index (κ1) is 14.3. The topological polar surface area (TPSA) is 30.5 Å². The van der Waals surface area contributed by atoms with Gasteiger partial charge in [0.1, 0.15) is 0 Å². The fourth-order valence-electron chi connectivity index (χ4n) is 2.52. The Kier molecular flexibility index (Phi) is 5.00. The summed E-state index contributed by atoms with van der Waals surface area (Å²) < 4.78 is 12.0. The zero-order chi connectivity index (χ0) is 14.3. The maximum atomic E-state index is 6.00. The third-order valence-corrected chi connectivity index (χ3v) is 3.72. The summed E-state index contributed by atoms with van der Waals surface area (Å²) in [5.41, 5.74) is 2.40. The van der Waals surface area contributed by atoms with Crippen molar-refractivity contribution in [2.45, 2.75) is 25.4 Å². The Balaban J connectivity index is 1.49. The third kappa shape index (κ3) is 4.14. The summed E-state index contributed by atoms with van der Waals surface area (Å²) in [7, 11) is 0. The first-order valence-electron chi connectivity index (χ1n) is 7.43. The molecule has 1 saturated heterocycles. The molecular formula is C18H21NO2. The monoisotopic (exact) mass is 283 g/mol. The van der Waals surface area contributed by atoms with E-state index in [0.29, 0.717) is 13.2 Å². The molecule has 1 N–H and O–H groups in total. The molecule has 1 fully saturated rings. The molecule has 0 amide bonds. The number of rotatable bonds is 6. The lowest BCUT2D eigenvalue weighted by Gasteiger charge is -2.20. The Hall–Kier alpha value is -1.68. The predicted molar refractivity (Wildman–Crippen MR) is 82.9 cm³/mol. The van der Waals surface area contributed by atoms with Gasteiger partial charge in [-0.25, -0.2) is 0 Å². The molecule has 3 rings (SSSR count). The number of nitrogens with one attached hydrogen (secondary N) is 1. The van der Waals surface area contributed by atoms with E-state index in [-0.39, 0.29) is 12.2 Å². The maximum Gasteiger partial charge on any atom is 0.0977 e. The van der Waals surface area contributed by atoms with Gasteiger partial charge in [-0.2, -0.15) is 0 Å². The van der Waals surface area contributed by atoms with Crippen LogP contribution < -0.4 is 5.32 Å². The molecular weight excluding hydrogens is 262 g/mol. The van der Waals surface area contributed by atoms with Crippen LogP contribution in [0.5, 0.6) is 0 Å². The minimum atomic E-state index is 0.119. The van der Waals surface area contributed by atoms with Crippen LogP contribution >= 0.6 is 0 Å². The molecule has 0 saturated carbocycles. The van der Waals surface area contributed by atoms with Crippen molar-refractivity contribution >= 4 is 0 Å². The average Bonchev–Trinajstić information content (AvgIpc) is 3.00. The minimum absolute atomic E-state index is 0.119. The van der Waals surface area contributed by atoms with Crippen LogP contribution in [0, 0.1) is 0 Å². The van der Waals surface area contributed by atoms with Crippen LogP contribution in [0.25, 0.3) is 0 Å². The first-order valence-corrected chi connectivity index (χ1v) is 7.43. The van der Waals surface area contributed by atoms with Crippen molar-refractivity contribution in [3.05, 3.63) is 71.8 Å². The lowest BCUT2D eigenvalue weighted by molar-refractivity contribution is -0.0591. The van der Waals surface area contributed by atoms with E-state index >= 15 is 0 Å². The van der Waals surface area contributed by atoms with E-state index in [4.69, 9.17) is 9.47 Å². The SMILES string of the molecule is c1ccc(CO[C@H]2CNC[C@H]2OCc2ccccc2)cc1. The fourth-order valence-corrected chi connectivity index (χ4v) is 2.52. The zero-order valence-corrected chi connectivity index (χ0v) is 12.1. The van der Waals surface area contributed by atoms with E-state index in [9.17, 15) is 0 Å². The third-order valence-electron chi connectivity index (χ3n) is 3.72. The maximum absolute atomic E-state index is 6.00. The van der Waals surface area contributed by atoms with Gasteiger partial charge in [-0.1, -0.05) is 60.7 Å². The molecule has 1 heterocycles. The summed E-state index contributed by atoms with van der Waals surface area (Å²) in [6.45, 7) is 2.98. The van der Waals surface area contributed by atoms with E-state index in [1.165, 1.54) is 11.1 Å². The highest BCUT2D eigenvalue weighted by atomic mass is 16.5. The Labute approximate surface area is 125 Å². The Morgan fingerprint density at radius 1 is 0.714 bits per heavy atom. The molecule has 0 aliphatic carbocycles. The van der Waals surface area contributed by atoms with Crippen LogP contribution in [0.3, 0.4) is 0 Å². The Bertz CT molecular complexity index is 480. The normalized spacial score (nSPS) is 21.5. The molecule has 0 aromatic heterocycles. The van der Waals surface area contributed by atoms with Crippen molar-refractivity contribution in [2.75, 3.05) is 13.1 Å². The summed E-state index contributed by atoms with van der Waals surface area (Å²) >= 11 is 0. The van der Waals surface area contributed by atoms with E-state index in [2.05, 4.69) is 29.6 Å². The van der Waals surface area contributed by atoms with Crippen LogP contribution in [0.15, 0.2) is 60.7 Å². The molecule has 3 heteroatoms. The van der Waals surface area contributed by atoms with Crippen molar-refractivity contribution in [1.29, 1.82) is 0 Å². The Morgan fingerprint density at radius 2 is 1.14 bits per heavy atom. The highest BCUT2D eigenvalue weighted by molar-refractivity contribution is 5.14. The molecule has 3 nitrogen and oxygen atoms in total. The second kappa shape index (κ2) is 7.36. The van der Waals surface area contributed by atoms with Crippen LogP contribution in [0.1, 0.15) is 11.1 Å². The molecule has 1 aliphatic heterocycles. The highest BCUT2D eigenvalue weighted by Crippen LogP contribution is 2.14. The molecule has 0 radical (unpaired) electrons. The fraction of sp³-hybridized carbons (Fsp3) is 0.333. The van der Waals surface area contributed by atoms with Crippen LogP contribution in [-0.2, 0) is 22.7 Å². The van der Waals surface area contributed by atoms with E-state index in [1.807, 2.05) is 36.4 Å².